The van der Waals surface area contributed by atoms with Crippen LogP contribution in [0.25, 0.3) is 0 Å². The summed E-state index contributed by atoms with van der Waals surface area (Å²) in [5.41, 5.74) is -0.0888. The molecule has 4 bridgehead atoms. The summed E-state index contributed by atoms with van der Waals surface area (Å²) in [7, 11) is 0. The lowest BCUT2D eigenvalue weighted by atomic mass is 9.50. The molecule has 6 nitrogen and oxygen atoms in total. The minimum absolute atomic E-state index is 0.106. The van der Waals surface area contributed by atoms with E-state index >= 15 is 0 Å². The largest absolute Gasteiger partial charge is 0.414 e. The van der Waals surface area contributed by atoms with Crippen LogP contribution in [0.4, 0.5) is 4.79 Å². The minimum atomic E-state index is -0.480. The van der Waals surface area contributed by atoms with Crippen LogP contribution in [0, 0.1) is 11.8 Å². The van der Waals surface area contributed by atoms with Crippen LogP contribution < -0.4 is 15.4 Å². The van der Waals surface area contributed by atoms with Crippen molar-refractivity contribution in [2.75, 3.05) is 0 Å². The van der Waals surface area contributed by atoms with Crippen molar-refractivity contribution in [2.45, 2.75) is 49.6 Å². The SMILES string of the molecule is O=C(NC12CC3CC(C1)CC(NC(=O)c1cccc(Cl)c1)(C3)C2)Oc1ccccn1. The van der Waals surface area contributed by atoms with E-state index in [-0.39, 0.29) is 22.9 Å². The van der Waals surface area contributed by atoms with Gasteiger partial charge in [-0.05, 0) is 74.6 Å². The van der Waals surface area contributed by atoms with Crippen LogP contribution in [-0.4, -0.2) is 28.1 Å². The molecule has 156 valence electrons. The Kier molecular flexibility index (Phi) is 4.69. The van der Waals surface area contributed by atoms with Gasteiger partial charge in [0.15, 0.2) is 0 Å². The van der Waals surface area contributed by atoms with Crippen molar-refractivity contribution in [1.82, 2.24) is 15.6 Å². The number of pyridine rings is 1. The van der Waals surface area contributed by atoms with Crippen LogP contribution >= 0.6 is 11.6 Å². The number of carbonyl (C=O) groups is 2. The van der Waals surface area contributed by atoms with Crippen LogP contribution in [-0.2, 0) is 0 Å². The van der Waals surface area contributed by atoms with Crippen LogP contribution in [0.3, 0.4) is 0 Å². The molecule has 7 heteroatoms. The third-order valence-electron chi connectivity index (χ3n) is 6.73. The molecule has 4 aliphatic carbocycles. The number of ether oxygens (including phenoxy) is 1. The normalized spacial score (nSPS) is 31.2. The van der Waals surface area contributed by atoms with Gasteiger partial charge in [0.1, 0.15) is 0 Å². The summed E-state index contributed by atoms with van der Waals surface area (Å²) in [6, 6.07) is 12.2. The first-order valence-corrected chi connectivity index (χ1v) is 10.8. The highest BCUT2D eigenvalue weighted by molar-refractivity contribution is 6.30. The van der Waals surface area contributed by atoms with Crippen LogP contribution in [0.2, 0.25) is 5.02 Å². The van der Waals surface area contributed by atoms with E-state index in [4.69, 9.17) is 16.3 Å². The van der Waals surface area contributed by atoms with Crippen molar-refractivity contribution >= 4 is 23.6 Å². The quantitative estimate of drug-likeness (QED) is 0.763. The van der Waals surface area contributed by atoms with Crippen molar-refractivity contribution in [2.24, 2.45) is 11.8 Å². The lowest BCUT2D eigenvalue weighted by molar-refractivity contribution is -0.0449. The van der Waals surface area contributed by atoms with Gasteiger partial charge in [-0.15, -0.1) is 0 Å². The molecule has 2 N–H and O–H groups in total. The van der Waals surface area contributed by atoms with Gasteiger partial charge in [-0.2, -0.15) is 0 Å². The molecule has 0 saturated heterocycles. The maximum Gasteiger partial charge on any atom is 0.414 e. The number of nitrogens with zero attached hydrogens (tertiary/aromatic N) is 1. The second-order valence-corrected chi connectivity index (χ2v) is 9.61. The minimum Gasteiger partial charge on any atom is -0.391 e. The Morgan fingerprint density at radius 2 is 1.73 bits per heavy atom. The molecule has 4 aliphatic rings. The molecule has 1 heterocycles. The lowest BCUT2D eigenvalue weighted by Crippen LogP contribution is -2.70. The molecule has 2 atom stereocenters. The van der Waals surface area contributed by atoms with E-state index in [0.29, 0.717) is 22.4 Å². The van der Waals surface area contributed by atoms with Crippen molar-refractivity contribution in [1.29, 1.82) is 0 Å². The number of amides is 2. The Morgan fingerprint density at radius 1 is 1.00 bits per heavy atom. The van der Waals surface area contributed by atoms with E-state index in [9.17, 15) is 9.59 Å². The predicted molar refractivity (Wildman–Crippen MR) is 112 cm³/mol. The number of rotatable bonds is 4. The fourth-order valence-electron chi connectivity index (χ4n) is 6.24. The average Bonchev–Trinajstić information content (AvgIpc) is 2.66. The van der Waals surface area contributed by atoms with Gasteiger partial charge in [0, 0.05) is 33.9 Å². The molecule has 2 aromatic rings. The highest BCUT2D eigenvalue weighted by Gasteiger charge is 2.59. The van der Waals surface area contributed by atoms with E-state index in [1.54, 1.807) is 48.7 Å². The Bertz CT molecular complexity index is 967. The predicted octanol–water partition coefficient (Wildman–Crippen LogP) is 4.34. The Balaban J connectivity index is 1.33. The number of hydrogen-bond donors (Lipinski definition) is 2. The summed E-state index contributed by atoms with van der Waals surface area (Å²) >= 11 is 6.06. The zero-order chi connectivity index (χ0) is 20.8. The van der Waals surface area contributed by atoms with Crippen LogP contribution in [0.1, 0.15) is 48.9 Å². The summed E-state index contributed by atoms with van der Waals surface area (Å²) in [5.74, 6) is 1.15. The fourth-order valence-corrected chi connectivity index (χ4v) is 6.43. The third-order valence-corrected chi connectivity index (χ3v) is 6.96. The van der Waals surface area contributed by atoms with Gasteiger partial charge in [-0.1, -0.05) is 23.7 Å². The smallest absolute Gasteiger partial charge is 0.391 e. The molecule has 1 aromatic heterocycles. The standard InChI is InChI=1S/C23H24ClN3O3/c24-18-5-3-4-17(9-18)20(28)26-22-10-15-8-16(11-22)13-23(12-15,14-22)27-21(29)30-19-6-1-2-7-25-19/h1-7,9,15-16H,8,10-14H2,(H,26,28)(H,27,29). The Labute approximate surface area is 180 Å². The van der Waals surface area contributed by atoms with E-state index < -0.39 is 6.09 Å². The monoisotopic (exact) mass is 425 g/mol. The number of aromatic nitrogens is 1. The van der Waals surface area contributed by atoms with Crippen molar-refractivity contribution in [3.8, 4) is 5.88 Å². The van der Waals surface area contributed by atoms with E-state index in [1.165, 1.54) is 0 Å². The molecule has 4 fully saturated rings. The topological polar surface area (TPSA) is 80.3 Å². The molecule has 2 unspecified atom stereocenters. The molecule has 0 radical (unpaired) electrons. The molecule has 0 spiro atoms. The zero-order valence-electron chi connectivity index (χ0n) is 16.6. The van der Waals surface area contributed by atoms with Crippen LogP contribution in [0.5, 0.6) is 5.88 Å². The van der Waals surface area contributed by atoms with Gasteiger partial charge in [0.05, 0.1) is 0 Å². The van der Waals surface area contributed by atoms with E-state index in [0.717, 1.165) is 38.5 Å². The van der Waals surface area contributed by atoms with Gasteiger partial charge in [0.25, 0.3) is 5.91 Å². The summed E-state index contributed by atoms with van der Waals surface area (Å²) in [5, 5.41) is 7.01. The molecular formula is C23H24ClN3O3. The lowest BCUT2D eigenvalue weighted by Gasteiger charge is -2.62. The Hall–Kier alpha value is -2.60. The molecule has 2 amide bonds. The maximum absolute atomic E-state index is 13.0. The molecule has 30 heavy (non-hydrogen) atoms. The van der Waals surface area contributed by atoms with Crippen molar-refractivity contribution < 1.29 is 14.3 Å². The summed E-state index contributed by atoms with van der Waals surface area (Å²) in [6.07, 6.45) is 6.75. The van der Waals surface area contributed by atoms with Crippen LogP contribution in [0.15, 0.2) is 48.7 Å². The zero-order valence-corrected chi connectivity index (χ0v) is 17.3. The van der Waals surface area contributed by atoms with Crippen molar-refractivity contribution in [3.63, 3.8) is 0 Å². The molecule has 4 saturated carbocycles. The number of halogens is 1. The van der Waals surface area contributed by atoms with Gasteiger partial charge in [-0.25, -0.2) is 9.78 Å². The first kappa shape index (κ1) is 19.4. The average molecular weight is 426 g/mol. The summed E-state index contributed by atoms with van der Waals surface area (Å²) < 4.78 is 5.39. The summed E-state index contributed by atoms with van der Waals surface area (Å²) in [6.45, 7) is 0. The molecular weight excluding hydrogens is 402 g/mol. The second kappa shape index (κ2) is 7.27. The highest BCUT2D eigenvalue weighted by Crippen LogP contribution is 2.57. The van der Waals surface area contributed by atoms with Crippen molar-refractivity contribution in [3.05, 3.63) is 59.2 Å². The second-order valence-electron chi connectivity index (χ2n) is 9.17. The van der Waals surface area contributed by atoms with Gasteiger partial charge in [0.2, 0.25) is 5.88 Å². The molecule has 1 aromatic carbocycles. The molecule has 6 rings (SSSR count). The highest BCUT2D eigenvalue weighted by atomic mass is 35.5. The van der Waals surface area contributed by atoms with Gasteiger partial charge >= 0.3 is 6.09 Å². The number of carbonyl (C=O) groups excluding carboxylic acids is 2. The molecule has 0 aliphatic heterocycles. The van der Waals surface area contributed by atoms with E-state index in [2.05, 4.69) is 15.6 Å². The van der Waals surface area contributed by atoms with Gasteiger partial charge < -0.3 is 15.4 Å². The maximum atomic E-state index is 13.0. The van der Waals surface area contributed by atoms with E-state index in [1.807, 2.05) is 0 Å². The number of nitrogens with one attached hydrogen (secondary N) is 2. The number of hydrogen-bond acceptors (Lipinski definition) is 4. The first-order valence-electron chi connectivity index (χ1n) is 10.4. The third kappa shape index (κ3) is 3.76. The summed E-state index contributed by atoms with van der Waals surface area (Å²) in [4.78, 5) is 29.6. The Morgan fingerprint density at radius 3 is 2.40 bits per heavy atom. The van der Waals surface area contributed by atoms with Gasteiger partial charge in [-0.3, -0.25) is 4.79 Å². The number of benzene rings is 1. The first-order chi connectivity index (χ1) is 14.4. The fraction of sp³-hybridized carbons (Fsp3) is 0.435.